The first kappa shape index (κ1) is 11.6. The van der Waals surface area contributed by atoms with Crippen LogP contribution in [0.2, 0.25) is 0 Å². The van der Waals surface area contributed by atoms with Crippen molar-refractivity contribution in [2.75, 3.05) is 4.72 Å². The molecule has 1 heterocycles. The highest BCUT2D eigenvalue weighted by Crippen LogP contribution is 2.14. The predicted octanol–water partition coefficient (Wildman–Crippen LogP) is 0.669. The Hall–Kier alpha value is -1.86. The zero-order valence-corrected chi connectivity index (χ0v) is 9.74. The van der Waals surface area contributed by atoms with Gasteiger partial charge in [-0.05, 0) is 23.8 Å². The summed E-state index contributed by atoms with van der Waals surface area (Å²) in [5.41, 5.74) is 6.87. The van der Waals surface area contributed by atoms with Gasteiger partial charge in [0.1, 0.15) is 0 Å². The highest BCUT2D eigenvalue weighted by atomic mass is 32.2. The number of nitrogens with two attached hydrogens (primary N) is 1. The Morgan fingerprint density at radius 3 is 2.47 bits per heavy atom. The lowest BCUT2D eigenvalue weighted by molar-refractivity contribution is 0.597. The van der Waals surface area contributed by atoms with Crippen molar-refractivity contribution < 1.29 is 8.42 Å². The van der Waals surface area contributed by atoms with E-state index in [2.05, 4.69) is 14.9 Å². The molecule has 1 aromatic carbocycles. The van der Waals surface area contributed by atoms with Gasteiger partial charge in [-0.25, -0.2) is 0 Å². The zero-order valence-electron chi connectivity index (χ0n) is 8.92. The summed E-state index contributed by atoms with van der Waals surface area (Å²) in [6, 6.07) is 8.25. The van der Waals surface area contributed by atoms with E-state index < -0.39 is 10.0 Å². The minimum Gasteiger partial charge on any atom is -0.326 e. The van der Waals surface area contributed by atoms with Gasteiger partial charge in [-0.1, -0.05) is 12.1 Å². The van der Waals surface area contributed by atoms with Gasteiger partial charge in [-0.2, -0.15) is 13.5 Å². The maximum atomic E-state index is 11.8. The summed E-state index contributed by atoms with van der Waals surface area (Å²) in [5.74, 6) is 0. The van der Waals surface area contributed by atoms with Crippen molar-refractivity contribution in [1.29, 1.82) is 0 Å². The van der Waals surface area contributed by atoms with Crippen molar-refractivity contribution in [3.8, 4) is 0 Å². The third-order valence-corrected chi connectivity index (χ3v) is 3.52. The van der Waals surface area contributed by atoms with Gasteiger partial charge in [0.05, 0.1) is 6.20 Å². The number of anilines is 1. The van der Waals surface area contributed by atoms with E-state index in [9.17, 15) is 8.42 Å². The lowest BCUT2D eigenvalue weighted by atomic mass is 10.2. The molecular formula is C10H12N4O2S. The molecule has 0 aliphatic carbocycles. The molecule has 2 aromatic rings. The molecule has 0 aliphatic heterocycles. The van der Waals surface area contributed by atoms with Crippen molar-refractivity contribution in [3.63, 3.8) is 0 Å². The smallest absolute Gasteiger partial charge is 0.278 e. The summed E-state index contributed by atoms with van der Waals surface area (Å²) in [4.78, 5) is 0. The van der Waals surface area contributed by atoms with Crippen molar-refractivity contribution in [1.82, 2.24) is 10.2 Å². The van der Waals surface area contributed by atoms with Crippen LogP contribution < -0.4 is 10.5 Å². The molecule has 0 bridgehead atoms. The maximum absolute atomic E-state index is 11.8. The van der Waals surface area contributed by atoms with E-state index in [4.69, 9.17) is 5.73 Å². The molecule has 0 aliphatic rings. The van der Waals surface area contributed by atoms with Crippen LogP contribution in [0, 0.1) is 0 Å². The van der Waals surface area contributed by atoms with E-state index in [0.717, 1.165) is 5.56 Å². The Balaban J connectivity index is 2.21. The lowest BCUT2D eigenvalue weighted by Crippen LogP contribution is -2.13. The molecule has 90 valence electrons. The second-order valence-corrected chi connectivity index (χ2v) is 5.08. The van der Waals surface area contributed by atoms with Gasteiger partial charge in [0, 0.05) is 12.2 Å². The minimum absolute atomic E-state index is 0.0281. The van der Waals surface area contributed by atoms with Crippen LogP contribution in [0.3, 0.4) is 0 Å². The van der Waals surface area contributed by atoms with Crippen molar-refractivity contribution in [3.05, 3.63) is 42.1 Å². The fourth-order valence-corrected chi connectivity index (χ4v) is 2.28. The van der Waals surface area contributed by atoms with Crippen LogP contribution in [0.4, 0.5) is 5.69 Å². The Labute approximate surface area is 98.9 Å². The van der Waals surface area contributed by atoms with Gasteiger partial charge in [0.25, 0.3) is 10.0 Å². The molecule has 0 saturated carbocycles. The van der Waals surface area contributed by atoms with E-state index in [1.807, 2.05) is 0 Å². The summed E-state index contributed by atoms with van der Waals surface area (Å²) < 4.78 is 26.1. The Morgan fingerprint density at radius 2 is 1.94 bits per heavy atom. The van der Waals surface area contributed by atoms with E-state index in [-0.39, 0.29) is 5.03 Å². The SMILES string of the molecule is NCc1ccc(NS(=O)(=O)c2ccn[nH]2)cc1. The van der Waals surface area contributed by atoms with Crippen LogP contribution in [0.25, 0.3) is 0 Å². The monoisotopic (exact) mass is 252 g/mol. The molecule has 0 atom stereocenters. The highest BCUT2D eigenvalue weighted by molar-refractivity contribution is 7.92. The van der Waals surface area contributed by atoms with Gasteiger partial charge >= 0.3 is 0 Å². The molecule has 0 saturated heterocycles. The number of aromatic amines is 1. The molecule has 0 amide bonds. The van der Waals surface area contributed by atoms with E-state index >= 15 is 0 Å². The molecule has 17 heavy (non-hydrogen) atoms. The lowest BCUT2D eigenvalue weighted by Gasteiger charge is -2.06. The van der Waals surface area contributed by atoms with Gasteiger partial charge in [-0.3, -0.25) is 9.82 Å². The second kappa shape index (κ2) is 4.56. The first-order valence-electron chi connectivity index (χ1n) is 4.93. The van der Waals surface area contributed by atoms with Crippen LogP contribution >= 0.6 is 0 Å². The molecule has 0 spiro atoms. The number of nitrogens with one attached hydrogen (secondary N) is 2. The molecule has 0 fully saturated rings. The average molecular weight is 252 g/mol. The molecule has 0 unspecified atom stereocenters. The number of H-pyrrole nitrogens is 1. The fourth-order valence-electron chi connectivity index (χ4n) is 1.31. The summed E-state index contributed by atoms with van der Waals surface area (Å²) in [7, 11) is -3.59. The number of sulfonamides is 1. The molecule has 7 heteroatoms. The number of rotatable bonds is 4. The molecule has 2 rings (SSSR count). The van der Waals surface area contributed by atoms with Crippen LogP contribution in [0.5, 0.6) is 0 Å². The van der Waals surface area contributed by atoms with Crippen molar-refractivity contribution in [2.24, 2.45) is 5.73 Å². The van der Waals surface area contributed by atoms with Gasteiger partial charge < -0.3 is 5.73 Å². The second-order valence-electron chi connectivity index (χ2n) is 3.43. The summed E-state index contributed by atoms with van der Waals surface area (Å²) in [5, 5.41) is 6.02. The fraction of sp³-hybridized carbons (Fsp3) is 0.100. The Bertz CT molecular complexity index is 575. The highest BCUT2D eigenvalue weighted by Gasteiger charge is 2.14. The third-order valence-electron chi connectivity index (χ3n) is 2.21. The van der Waals surface area contributed by atoms with Crippen molar-refractivity contribution >= 4 is 15.7 Å². The van der Waals surface area contributed by atoms with Crippen molar-refractivity contribution in [2.45, 2.75) is 11.6 Å². The largest absolute Gasteiger partial charge is 0.326 e. The first-order valence-corrected chi connectivity index (χ1v) is 6.41. The molecule has 4 N–H and O–H groups in total. The van der Waals surface area contributed by atoms with Gasteiger partial charge in [-0.15, -0.1) is 0 Å². The normalized spacial score (nSPS) is 11.4. The maximum Gasteiger partial charge on any atom is 0.278 e. The number of hydrogen-bond acceptors (Lipinski definition) is 4. The topological polar surface area (TPSA) is 101 Å². The van der Waals surface area contributed by atoms with Gasteiger partial charge in [0.15, 0.2) is 5.03 Å². The Morgan fingerprint density at radius 1 is 1.24 bits per heavy atom. The first-order chi connectivity index (χ1) is 8.12. The number of nitrogens with zero attached hydrogens (tertiary/aromatic N) is 1. The number of aromatic nitrogens is 2. The quantitative estimate of drug-likeness (QED) is 0.744. The molecular weight excluding hydrogens is 240 g/mol. The molecule has 0 radical (unpaired) electrons. The Kier molecular flexibility index (Phi) is 3.12. The zero-order chi connectivity index (χ0) is 12.3. The number of benzene rings is 1. The minimum atomic E-state index is -3.59. The summed E-state index contributed by atoms with van der Waals surface area (Å²) in [6.45, 7) is 0.424. The summed E-state index contributed by atoms with van der Waals surface area (Å²) >= 11 is 0. The third kappa shape index (κ3) is 2.63. The molecule has 1 aromatic heterocycles. The van der Waals surface area contributed by atoms with Crippen LogP contribution in [0.15, 0.2) is 41.6 Å². The predicted molar refractivity (Wildman–Crippen MR) is 63.7 cm³/mol. The van der Waals surface area contributed by atoms with E-state index in [0.29, 0.717) is 12.2 Å². The van der Waals surface area contributed by atoms with E-state index in [1.54, 1.807) is 24.3 Å². The standard InChI is InChI=1S/C10H12N4O2S/c11-7-8-1-3-9(4-2-8)14-17(15,16)10-5-6-12-13-10/h1-6,14H,7,11H2,(H,12,13). The average Bonchev–Trinajstić information content (AvgIpc) is 2.84. The van der Waals surface area contributed by atoms with Crippen LogP contribution in [0.1, 0.15) is 5.56 Å². The van der Waals surface area contributed by atoms with Gasteiger partial charge in [0.2, 0.25) is 0 Å². The van der Waals surface area contributed by atoms with Crippen LogP contribution in [-0.4, -0.2) is 18.6 Å². The summed E-state index contributed by atoms with van der Waals surface area (Å²) in [6.07, 6.45) is 1.38. The van der Waals surface area contributed by atoms with Crippen LogP contribution in [-0.2, 0) is 16.6 Å². The molecule has 6 nitrogen and oxygen atoms in total. The number of hydrogen-bond donors (Lipinski definition) is 3. The van der Waals surface area contributed by atoms with E-state index in [1.165, 1.54) is 12.3 Å².